The number of pyridine rings is 4. The van der Waals surface area contributed by atoms with Gasteiger partial charge in [-0.3, -0.25) is 33.8 Å². The molecular weight excluding hydrogens is 731 g/mol. The first kappa shape index (κ1) is 37.6. The Kier molecular flexibility index (Phi) is 10.5. The largest absolute Gasteiger partial charge is 0.480 e. The maximum atomic E-state index is 13.3. The number of aliphatic carboxylic acids is 2. The molecule has 5 heterocycles. The summed E-state index contributed by atoms with van der Waals surface area (Å²) in [5, 5.41) is 26.2. The summed E-state index contributed by atoms with van der Waals surface area (Å²) >= 11 is 0. The van der Waals surface area contributed by atoms with Crippen molar-refractivity contribution < 1.29 is 29.4 Å². The second-order valence-electron chi connectivity index (χ2n) is 13.6. The monoisotopic (exact) mass is 765 g/mol. The van der Waals surface area contributed by atoms with Gasteiger partial charge >= 0.3 is 11.9 Å². The summed E-state index contributed by atoms with van der Waals surface area (Å²) in [6.07, 6.45) is 8.44. The SMILES string of the molecule is CC(Cc1ncc(-c2cccc(C(=O)Nc3ccc(=O)n(CC(=O)O)c3)c2)c2ccccc12)Cn1ccc2c(C(=O)Nc3ccc(=O)n(CC(=O)O)c3)ccnc21. The molecule has 0 aliphatic heterocycles. The molecule has 286 valence electrons. The molecule has 0 saturated heterocycles. The zero-order valence-corrected chi connectivity index (χ0v) is 30.5. The number of carboxylic acids is 2. The number of carbonyl (C=O) groups is 4. The van der Waals surface area contributed by atoms with E-state index in [0.717, 1.165) is 36.7 Å². The van der Waals surface area contributed by atoms with Crippen molar-refractivity contribution in [1.29, 1.82) is 0 Å². The average molecular weight is 766 g/mol. The van der Waals surface area contributed by atoms with E-state index in [9.17, 15) is 28.8 Å². The van der Waals surface area contributed by atoms with Gasteiger partial charge in [0.2, 0.25) is 0 Å². The van der Waals surface area contributed by atoms with Crippen LogP contribution in [0.4, 0.5) is 11.4 Å². The van der Waals surface area contributed by atoms with Crippen molar-refractivity contribution >= 4 is 56.9 Å². The summed E-state index contributed by atoms with van der Waals surface area (Å²) < 4.78 is 3.99. The van der Waals surface area contributed by atoms with E-state index >= 15 is 0 Å². The first-order valence-electron chi connectivity index (χ1n) is 17.8. The van der Waals surface area contributed by atoms with Crippen LogP contribution in [0.15, 0.2) is 126 Å². The summed E-state index contributed by atoms with van der Waals surface area (Å²) in [6.45, 7) is 1.62. The lowest BCUT2D eigenvalue weighted by Gasteiger charge is -2.16. The van der Waals surface area contributed by atoms with Crippen molar-refractivity contribution in [1.82, 2.24) is 23.7 Å². The zero-order valence-electron chi connectivity index (χ0n) is 30.5. The Morgan fingerprint density at radius 3 is 2.02 bits per heavy atom. The van der Waals surface area contributed by atoms with Crippen molar-refractivity contribution in [2.45, 2.75) is 33.0 Å². The molecule has 0 saturated carbocycles. The second-order valence-corrected chi connectivity index (χ2v) is 13.6. The third-order valence-corrected chi connectivity index (χ3v) is 9.36. The predicted molar refractivity (Wildman–Crippen MR) is 212 cm³/mol. The van der Waals surface area contributed by atoms with Crippen molar-refractivity contribution in [2.24, 2.45) is 5.92 Å². The number of anilines is 2. The lowest BCUT2D eigenvalue weighted by Crippen LogP contribution is -2.24. The fourth-order valence-electron chi connectivity index (χ4n) is 6.79. The molecule has 0 bridgehead atoms. The Morgan fingerprint density at radius 2 is 1.35 bits per heavy atom. The molecule has 7 aromatic rings. The maximum Gasteiger partial charge on any atom is 0.323 e. The van der Waals surface area contributed by atoms with E-state index in [4.69, 9.17) is 15.2 Å². The molecular formula is C42H35N7O8. The minimum atomic E-state index is -1.18. The van der Waals surface area contributed by atoms with Gasteiger partial charge in [0.05, 0.1) is 16.9 Å². The summed E-state index contributed by atoms with van der Waals surface area (Å²) in [4.78, 5) is 82.4. The number of rotatable bonds is 13. The molecule has 2 amide bonds. The third kappa shape index (κ3) is 8.37. The Labute approximate surface area is 323 Å². The highest BCUT2D eigenvalue weighted by Crippen LogP contribution is 2.31. The first-order chi connectivity index (χ1) is 27.4. The van der Waals surface area contributed by atoms with Crippen LogP contribution in [-0.4, -0.2) is 57.6 Å². The highest BCUT2D eigenvalue weighted by Gasteiger charge is 2.18. The molecule has 4 N–H and O–H groups in total. The summed E-state index contributed by atoms with van der Waals surface area (Å²) in [7, 11) is 0. The number of benzene rings is 2. The zero-order chi connectivity index (χ0) is 40.2. The summed E-state index contributed by atoms with van der Waals surface area (Å²) in [5.41, 5.74) is 3.40. The molecule has 0 spiro atoms. The number of nitrogens with zero attached hydrogens (tertiary/aromatic N) is 5. The summed E-state index contributed by atoms with van der Waals surface area (Å²) in [5.74, 6) is -3.13. The lowest BCUT2D eigenvalue weighted by molar-refractivity contribution is -0.138. The molecule has 5 aromatic heterocycles. The quantitative estimate of drug-likeness (QED) is 0.122. The van der Waals surface area contributed by atoms with Gasteiger partial charge in [0.1, 0.15) is 18.7 Å². The van der Waals surface area contributed by atoms with Gasteiger partial charge in [-0.2, -0.15) is 0 Å². The molecule has 2 aromatic carbocycles. The highest BCUT2D eigenvalue weighted by molar-refractivity contribution is 6.12. The maximum absolute atomic E-state index is 13.3. The molecule has 57 heavy (non-hydrogen) atoms. The molecule has 1 unspecified atom stereocenters. The van der Waals surface area contributed by atoms with Gasteiger partial charge < -0.3 is 34.5 Å². The lowest BCUT2D eigenvalue weighted by atomic mass is 9.95. The molecule has 0 aliphatic carbocycles. The predicted octanol–water partition coefficient (Wildman–Crippen LogP) is 5.13. The second kappa shape index (κ2) is 16.0. The Morgan fingerprint density at radius 1 is 0.702 bits per heavy atom. The van der Waals surface area contributed by atoms with Crippen LogP contribution in [0.3, 0.4) is 0 Å². The van der Waals surface area contributed by atoms with E-state index in [2.05, 4.69) is 22.5 Å². The molecule has 0 aliphatic rings. The van der Waals surface area contributed by atoms with E-state index in [0.29, 0.717) is 35.1 Å². The third-order valence-electron chi connectivity index (χ3n) is 9.36. The minimum absolute atomic E-state index is 0.0915. The number of carboxylic acid groups (broad SMARTS) is 2. The highest BCUT2D eigenvalue weighted by atomic mass is 16.4. The number of hydrogen-bond acceptors (Lipinski definition) is 8. The van der Waals surface area contributed by atoms with Gasteiger partial charge in [-0.05, 0) is 59.7 Å². The Balaban J connectivity index is 1.08. The normalized spacial score (nSPS) is 11.7. The number of nitrogens with one attached hydrogen (secondary N) is 2. The molecule has 1 atom stereocenters. The number of hydrogen-bond donors (Lipinski definition) is 4. The van der Waals surface area contributed by atoms with E-state index in [-0.39, 0.29) is 17.3 Å². The molecule has 7 rings (SSSR count). The minimum Gasteiger partial charge on any atom is -0.480 e. The standard InChI is InChI=1S/C42H35N7O8/c1-25(20-47-16-14-32-33(13-15-43-40(32)47)42(57)46-29-10-12-37(51)49(22-29)24-39(54)55)17-35-31-8-3-2-7-30(31)34(19-44-35)26-5-4-6-27(18-26)41(56)45-28-9-11-36(50)48(21-28)23-38(52)53/h2-16,18-19,21-22,25H,17,20,23-24H2,1H3,(H,45,56)(H,46,57)(H,52,53)(H,54,55). The van der Waals surface area contributed by atoms with Crippen molar-refractivity contribution in [3.8, 4) is 11.1 Å². The van der Waals surface area contributed by atoms with Crippen molar-refractivity contribution in [3.63, 3.8) is 0 Å². The van der Waals surface area contributed by atoms with Crippen LogP contribution in [0.1, 0.15) is 33.3 Å². The van der Waals surface area contributed by atoms with Gasteiger partial charge in [0, 0.05) is 77.3 Å². The molecule has 0 radical (unpaired) electrons. The summed E-state index contributed by atoms with van der Waals surface area (Å²) in [6, 6.07) is 23.7. The van der Waals surface area contributed by atoms with Gasteiger partial charge in [0.15, 0.2) is 0 Å². The van der Waals surface area contributed by atoms with Gasteiger partial charge in [-0.1, -0.05) is 43.3 Å². The van der Waals surface area contributed by atoms with Gasteiger partial charge in [-0.15, -0.1) is 0 Å². The van der Waals surface area contributed by atoms with E-state index in [1.807, 2.05) is 47.2 Å². The fraction of sp³-hybridized carbons (Fsp3) is 0.143. The van der Waals surface area contributed by atoms with Crippen molar-refractivity contribution in [2.75, 3.05) is 10.6 Å². The van der Waals surface area contributed by atoms with Crippen LogP contribution in [0.2, 0.25) is 0 Å². The topological polar surface area (TPSA) is 208 Å². The van der Waals surface area contributed by atoms with Crippen molar-refractivity contribution in [3.05, 3.63) is 153 Å². The van der Waals surface area contributed by atoms with Crippen LogP contribution in [0, 0.1) is 5.92 Å². The van der Waals surface area contributed by atoms with Crippen LogP contribution in [0.25, 0.3) is 32.9 Å². The number of aromatic nitrogens is 5. The Bertz CT molecular complexity index is 2840. The fourth-order valence-corrected chi connectivity index (χ4v) is 6.79. The van der Waals surface area contributed by atoms with E-state index < -0.39 is 48.0 Å². The molecule has 15 nitrogen and oxygen atoms in total. The number of fused-ring (bicyclic) bond motifs is 2. The molecule has 0 fully saturated rings. The van der Waals surface area contributed by atoms with Crippen LogP contribution in [0.5, 0.6) is 0 Å². The van der Waals surface area contributed by atoms with E-state index in [1.54, 1.807) is 36.7 Å². The van der Waals surface area contributed by atoms with Crippen LogP contribution >= 0.6 is 0 Å². The number of amides is 2. The molecule has 15 heteroatoms. The smallest absolute Gasteiger partial charge is 0.323 e. The van der Waals surface area contributed by atoms with Gasteiger partial charge in [-0.25, -0.2) is 4.98 Å². The average Bonchev–Trinajstić information content (AvgIpc) is 3.59. The van der Waals surface area contributed by atoms with E-state index in [1.165, 1.54) is 36.7 Å². The number of carbonyl (C=O) groups excluding carboxylic acids is 2. The Hall–Kier alpha value is -7.68. The van der Waals surface area contributed by atoms with Crippen LogP contribution < -0.4 is 21.8 Å². The van der Waals surface area contributed by atoms with Crippen LogP contribution in [-0.2, 0) is 35.6 Å². The van der Waals surface area contributed by atoms with Gasteiger partial charge in [0.25, 0.3) is 22.9 Å². The first-order valence-corrected chi connectivity index (χ1v) is 17.8.